The molecule has 0 saturated carbocycles. The van der Waals surface area contributed by atoms with Crippen LogP contribution in [-0.2, 0) is 23.1 Å². The Balaban J connectivity index is 2.00. The summed E-state index contributed by atoms with van der Waals surface area (Å²) in [6, 6.07) is 9.04. The first-order valence-electron chi connectivity index (χ1n) is 6.40. The monoisotopic (exact) mass is 302 g/mol. The van der Waals surface area contributed by atoms with Crippen LogP contribution in [0.5, 0.6) is 0 Å². The van der Waals surface area contributed by atoms with Crippen molar-refractivity contribution >= 4 is 11.9 Å². The molecule has 22 heavy (non-hydrogen) atoms. The average Bonchev–Trinajstić information content (AvgIpc) is 2.54. The maximum atomic E-state index is 11.8. The molecule has 1 aromatic carbocycles. The maximum absolute atomic E-state index is 11.8. The van der Waals surface area contributed by atoms with Crippen LogP contribution in [0.15, 0.2) is 41.2 Å². The highest BCUT2D eigenvalue weighted by Gasteiger charge is 2.11. The van der Waals surface area contributed by atoms with E-state index in [9.17, 15) is 14.4 Å². The van der Waals surface area contributed by atoms with Gasteiger partial charge in [-0.25, -0.2) is 14.3 Å². The predicted molar refractivity (Wildman–Crippen MR) is 76.4 cm³/mol. The van der Waals surface area contributed by atoms with E-state index in [-0.39, 0.29) is 17.9 Å². The third-order valence-electron chi connectivity index (χ3n) is 2.91. The number of benzene rings is 1. The van der Waals surface area contributed by atoms with Crippen LogP contribution in [0, 0.1) is 0 Å². The number of carbonyl (C=O) groups is 2. The summed E-state index contributed by atoms with van der Waals surface area (Å²) in [6.07, 6.45) is 0. The molecule has 0 N–H and O–H groups in total. The predicted octanol–water partition coefficient (Wildman–Crippen LogP) is 0.924. The lowest BCUT2D eigenvalue weighted by Gasteiger charge is -2.06. The Morgan fingerprint density at radius 2 is 1.77 bits per heavy atom. The number of hydrogen-bond donors (Lipinski definition) is 0. The van der Waals surface area contributed by atoms with Crippen LogP contribution in [0.25, 0.3) is 0 Å². The van der Waals surface area contributed by atoms with Gasteiger partial charge in [-0.1, -0.05) is 12.1 Å². The van der Waals surface area contributed by atoms with Gasteiger partial charge in [0.25, 0.3) is 5.56 Å². The number of aromatic nitrogens is 2. The Morgan fingerprint density at radius 3 is 2.36 bits per heavy atom. The Kier molecular flexibility index (Phi) is 4.67. The topological polar surface area (TPSA) is 87.5 Å². The fourth-order valence-electron chi connectivity index (χ4n) is 1.69. The highest BCUT2D eigenvalue weighted by molar-refractivity contribution is 5.89. The van der Waals surface area contributed by atoms with Gasteiger partial charge in [0.2, 0.25) is 0 Å². The third-order valence-corrected chi connectivity index (χ3v) is 2.91. The first-order valence-corrected chi connectivity index (χ1v) is 6.40. The van der Waals surface area contributed by atoms with Crippen LogP contribution in [0.2, 0.25) is 0 Å². The van der Waals surface area contributed by atoms with E-state index in [1.54, 1.807) is 24.3 Å². The number of nitrogens with zero attached hydrogens (tertiary/aromatic N) is 2. The van der Waals surface area contributed by atoms with Crippen molar-refractivity contribution in [3.05, 3.63) is 63.6 Å². The number of hydrogen-bond acceptors (Lipinski definition) is 6. The van der Waals surface area contributed by atoms with Gasteiger partial charge in [-0.15, -0.1) is 0 Å². The summed E-state index contributed by atoms with van der Waals surface area (Å²) in [5, 5.41) is 3.80. The molecule has 0 saturated heterocycles. The lowest BCUT2D eigenvalue weighted by Crippen LogP contribution is -2.21. The summed E-state index contributed by atoms with van der Waals surface area (Å²) in [5.41, 5.74) is 0.867. The molecule has 0 bridgehead atoms. The van der Waals surface area contributed by atoms with Crippen molar-refractivity contribution in [2.75, 3.05) is 7.11 Å². The number of rotatable bonds is 4. The zero-order chi connectivity index (χ0) is 16.1. The molecule has 7 nitrogen and oxygen atoms in total. The van der Waals surface area contributed by atoms with E-state index >= 15 is 0 Å². The SMILES string of the molecule is COC(=O)c1ccc(COC(=O)c2ccc(=O)n(C)n2)cc1. The number of carbonyl (C=O) groups excluding carboxylic acids is 2. The molecule has 0 radical (unpaired) electrons. The van der Waals surface area contributed by atoms with Gasteiger partial charge in [-0.3, -0.25) is 4.79 Å². The molecule has 0 amide bonds. The Labute approximate surface area is 126 Å². The van der Waals surface area contributed by atoms with Gasteiger partial charge < -0.3 is 9.47 Å². The molecule has 0 spiro atoms. The van der Waals surface area contributed by atoms with Crippen LogP contribution < -0.4 is 5.56 Å². The normalized spacial score (nSPS) is 10.1. The zero-order valence-corrected chi connectivity index (χ0v) is 12.1. The molecule has 2 aromatic rings. The molecule has 7 heteroatoms. The van der Waals surface area contributed by atoms with E-state index in [1.165, 1.54) is 26.3 Å². The highest BCUT2D eigenvalue weighted by atomic mass is 16.5. The van der Waals surface area contributed by atoms with Crippen molar-refractivity contribution in [1.82, 2.24) is 9.78 Å². The van der Waals surface area contributed by atoms with E-state index < -0.39 is 11.9 Å². The largest absolute Gasteiger partial charge is 0.465 e. The van der Waals surface area contributed by atoms with Crippen molar-refractivity contribution in [2.45, 2.75) is 6.61 Å². The van der Waals surface area contributed by atoms with Crippen LogP contribution in [0.4, 0.5) is 0 Å². The van der Waals surface area contributed by atoms with Gasteiger partial charge >= 0.3 is 11.9 Å². The summed E-state index contributed by atoms with van der Waals surface area (Å²) in [4.78, 5) is 34.3. The summed E-state index contributed by atoms with van der Waals surface area (Å²) < 4.78 is 10.8. The van der Waals surface area contributed by atoms with Crippen molar-refractivity contribution in [3.63, 3.8) is 0 Å². The smallest absolute Gasteiger partial charge is 0.359 e. The Bertz CT molecular complexity index is 749. The number of aryl methyl sites for hydroxylation is 1. The van der Waals surface area contributed by atoms with Crippen molar-refractivity contribution in [3.8, 4) is 0 Å². The molecular formula is C15H14N2O5. The molecule has 2 rings (SSSR count). The van der Waals surface area contributed by atoms with E-state index in [0.29, 0.717) is 11.1 Å². The van der Waals surface area contributed by atoms with Crippen molar-refractivity contribution in [1.29, 1.82) is 0 Å². The maximum Gasteiger partial charge on any atom is 0.359 e. The fourth-order valence-corrected chi connectivity index (χ4v) is 1.69. The Hall–Kier alpha value is -2.96. The van der Waals surface area contributed by atoms with E-state index in [1.807, 2.05) is 0 Å². The molecule has 1 heterocycles. The van der Waals surface area contributed by atoms with Crippen LogP contribution in [0.1, 0.15) is 26.4 Å². The lowest BCUT2D eigenvalue weighted by atomic mass is 10.1. The van der Waals surface area contributed by atoms with Crippen LogP contribution >= 0.6 is 0 Å². The summed E-state index contributed by atoms with van der Waals surface area (Å²) in [6.45, 7) is 0.0325. The minimum atomic E-state index is -0.632. The summed E-state index contributed by atoms with van der Waals surface area (Å²) in [5.74, 6) is -1.06. The molecule has 0 aliphatic carbocycles. The molecule has 0 unspecified atom stereocenters. The summed E-state index contributed by atoms with van der Waals surface area (Å²) in [7, 11) is 2.75. The average molecular weight is 302 g/mol. The lowest BCUT2D eigenvalue weighted by molar-refractivity contribution is 0.0461. The Morgan fingerprint density at radius 1 is 1.09 bits per heavy atom. The fraction of sp³-hybridized carbons (Fsp3) is 0.200. The van der Waals surface area contributed by atoms with Gasteiger partial charge in [-0.2, -0.15) is 5.10 Å². The molecule has 114 valence electrons. The van der Waals surface area contributed by atoms with E-state index in [2.05, 4.69) is 9.84 Å². The van der Waals surface area contributed by atoms with Gasteiger partial charge in [0, 0.05) is 13.1 Å². The van der Waals surface area contributed by atoms with E-state index in [0.717, 1.165) is 4.68 Å². The first kappa shape index (κ1) is 15.4. The number of esters is 2. The second-order valence-corrected chi connectivity index (χ2v) is 4.45. The van der Waals surface area contributed by atoms with Gasteiger partial charge in [-0.05, 0) is 23.8 Å². The molecule has 0 aliphatic heterocycles. The standard InChI is InChI=1S/C15H14N2O5/c1-17-13(18)8-7-12(16-17)15(20)22-9-10-3-5-11(6-4-10)14(19)21-2/h3-8H,9H2,1-2H3. The quantitative estimate of drug-likeness (QED) is 0.781. The summed E-state index contributed by atoms with van der Waals surface area (Å²) >= 11 is 0. The van der Waals surface area contributed by atoms with Gasteiger partial charge in [0.05, 0.1) is 12.7 Å². The van der Waals surface area contributed by atoms with Crippen LogP contribution in [-0.4, -0.2) is 28.8 Å². The first-order chi connectivity index (χ1) is 10.5. The van der Waals surface area contributed by atoms with Crippen LogP contribution in [0.3, 0.4) is 0 Å². The third kappa shape index (κ3) is 3.57. The minimum absolute atomic E-state index is 0.0325. The zero-order valence-electron chi connectivity index (χ0n) is 12.1. The number of methoxy groups -OCH3 is 1. The van der Waals surface area contributed by atoms with Gasteiger partial charge in [0.1, 0.15) is 6.61 Å². The molecule has 1 aromatic heterocycles. The molecular weight excluding hydrogens is 288 g/mol. The van der Waals surface area contributed by atoms with Crippen molar-refractivity contribution < 1.29 is 19.1 Å². The van der Waals surface area contributed by atoms with Crippen molar-refractivity contribution in [2.24, 2.45) is 7.05 Å². The molecule has 0 atom stereocenters. The highest BCUT2D eigenvalue weighted by Crippen LogP contribution is 2.08. The van der Waals surface area contributed by atoms with E-state index in [4.69, 9.17) is 4.74 Å². The molecule has 0 fully saturated rings. The second kappa shape index (κ2) is 6.66. The molecule has 0 aliphatic rings. The second-order valence-electron chi connectivity index (χ2n) is 4.45. The van der Waals surface area contributed by atoms with Gasteiger partial charge in [0.15, 0.2) is 5.69 Å². The number of ether oxygens (including phenoxy) is 2. The minimum Gasteiger partial charge on any atom is -0.465 e.